The predicted molar refractivity (Wildman–Crippen MR) is 77.5 cm³/mol. The van der Waals surface area contributed by atoms with Crippen LogP contribution in [0.1, 0.15) is 10.4 Å². The highest BCUT2D eigenvalue weighted by Gasteiger charge is 2.12. The van der Waals surface area contributed by atoms with E-state index in [9.17, 15) is 14.3 Å². The van der Waals surface area contributed by atoms with Gasteiger partial charge in [-0.15, -0.1) is 0 Å². The van der Waals surface area contributed by atoms with Gasteiger partial charge in [-0.05, 0) is 30.3 Å². The SMILES string of the molecule is O=C(Nc1cc(Cl)c(O)c(Cl)c1)c1ccc(F)c(Cl)c1. The lowest BCUT2D eigenvalue weighted by molar-refractivity contribution is 0.102. The molecule has 3 nitrogen and oxygen atoms in total. The highest BCUT2D eigenvalue weighted by Crippen LogP contribution is 2.34. The Hall–Kier alpha value is -1.49. The minimum absolute atomic E-state index is 0.00457. The van der Waals surface area contributed by atoms with Crippen molar-refractivity contribution in [1.29, 1.82) is 0 Å². The molecule has 1 amide bonds. The van der Waals surface area contributed by atoms with E-state index in [1.807, 2.05) is 0 Å². The third-order valence-electron chi connectivity index (χ3n) is 2.46. The molecule has 7 heteroatoms. The third-order valence-corrected chi connectivity index (χ3v) is 3.32. The van der Waals surface area contributed by atoms with Crippen LogP contribution in [0.3, 0.4) is 0 Å². The Kier molecular flexibility index (Phi) is 4.38. The summed E-state index contributed by atoms with van der Waals surface area (Å²) in [6.45, 7) is 0. The second-order valence-corrected chi connectivity index (χ2v) is 5.09. The molecule has 2 N–H and O–H groups in total. The number of anilines is 1. The summed E-state index contributed by atoms with van der Waals surface area (Å²) in [6.07, 6.45) is 0. The van der Waals surface area contributed by atoms with Gasteiger partial charge in [-0.1, -0.05) is 34.8 Å². The Morgan fingerprint density at radius 1 is 1.05 bits per heavy atom. The van der Waals surface area contributed by atoms with E-state index < -0.39 is 11.7 Å². The largest absolute Gasteiger partial charge is 0.505 e. The van der Waals surface area contributed by atoms with E-state index in [-0.39, 0.29) is 26.4 Å². The van der Waals surface area contributed by atoms with Gasteiger partial charge in [0.05, 0.1) is 15.1 Å². The molecule has 0 unspecified atom stereocenters. The molecule has 0 saturated carbocycles. The number of carbonyl (C=O) groups excluding carboxylic acids is 1. The molecule has 0 aromatic heterocycles. The van der Waals surface area contributed by atoms with Gasteiger partial charge in [0.1, 0.15) is 5.82 Å². The molecule has 0 radical (unpaired) electrons. The van der Waals surface area contributed by atoms with Crippen LogP contribution in [0.2, 0.25) is 15.1 Å². The van der Waals surface area contributed by atoms with Gasteiger partial charge >= 0.3 is 0 Å². The van der Waals surface area contributed by atoms with E-state index in [2.05, 4.69) is 5.32 Å². The van der Waals surface area contributed by atoms with Crippen molar-refractivity contribution in [2.45, 2.75) is 0 Å². The summed E-state index contributed by atoms with van der Waals surface area (Å²) >= 11 is 17.1. The first-order valence-corrected chi connectivity index (χ1v) is 6.46. The molecule has 0 fully saturated rings. The van der Waals surface area contributed by atoms with Crippen LogP contribution in [0.5, 0.6) is 5.75 Å². The standard InChI is InChI=1S/C13H7Cl3FNO2/c14-8-3-6(1-2-11(8)17)13(20)18-7-4-9(15)12(19)10(16)5-7/h1-5,19H,(H,18,20). The highest BCUT2D eigenvalue weighted by atomic mass is 35.5. The summed E-state index contributed by atoms with van der Waals surface area (Å²) in [6, 6.07) is 6.27. The Balaban J connectivity index is 2.25. The highest BCUT2D eigenvalue weighted by molar-refractivity contribution is 6.37. The number of amides is 1. The maximum Gasteiger partial charge on any atom is 0.255 e. The number of hydrogen-bond acceptors (Lipinski definition) is 2. The summed E-state index contributed by atoms with van der Waals surface area (Å²) in [7, 11) is 0. The van der Waals surface area contributed by atoms with Gasteiger partial charge in [0.2, 0.25) is 0 Å². The molecule has 0 bridgehead atoms. The van der Waals surface area contributed by atoms with Crippen LogP contribution < -0.4 is 5.32 Å². The van der Waals surface area contributed by atoms with Gasteiger partial charge in [-0.2, -0.15) is 0 Å². The number of benzene rings is 2. The van der Waals surface area contributed by atoms with Crippen molar-refractivity contribution in [3.05, 3.63) is 56.8 Å². The number of rotatable bonds is 2. The average Bonchev–Trinajstić information content (AvgIpc) is 2.39. The van der Waals surface area contributed by atoms with Crippen molar-refractivity contribution in [2.24, 2.45) is 0 Å². The van der Waals surface area contributed by atoms with Gasteiger partial charge in [0.25, 0.3) is 5.91 Å². The first-order chi connectivity index (χ1) is 9.38. The maximum absolute atomic E-state index is 13.0. The number of nitrogens with one attached hydrogen (secondary N) is 1. The van der Waals surface area contributed by atoms with Gasteiger partial charge in [-0.25, -0.2) is 4.39 Å². The lowest BCUT2D eigenvalue weighted by Gasteiger charge is -2.08. The molecule has 0 heterocycles. The van der Waals surface area contributed by atoms with E-state index in [0.717, 1.165) is 6.07 Å². The third kappa shape index (κ3) is 3.15. The van der Waals surface area contributed by atoms with E-state index in [0.29, 0.717) is 5.69 Å². The van der Waals surface area contributed by atoms with Crippen molar-refractivity contribution in [3.63, 3.8) is 0 Å². The normalized spacial score (nSPS) is 10.4. The summed E-state index contributed by atoms with van der Waals surface area (Å²) < 4.78 is 13.0. The summed E-state index contributed by atoms with van der Waals surface area (Å²) in [5, 5.41) is 11.8. The molecular formula is C13H7Cl3FNO2. The fraction of sp³-hybridized carbons (Fsp3) is 0. The molecule has 0 aliphatic heterocycles. The second-order valence-electron chi connectivity index (χ2n) is 3.87. The zero-order valence-corrected chi connectivity index (χ0v) is 12.0. The zero-order valence-electron chi connectivity index (χ0n) is 9.75. The van der Waals surface area contributed by atoms with E-state index in [1.54, 1.807) is 0 Å². The number of phenolic OH excluding ortho intramolecular Hbond substituents is 1. The molecule has 0 atom stereocenters. The monoisotopic (exact) mass is 333 g/mol. The van der Waals surface area contributed by atoms with Crippen LogP contribution in [-0.2, 0) is 0 Å². The van der Waals surface area contributed by atoms with Crippen LogP contribution in [0.15, 0.2) is 30.3 Å². The fourth-order valence-electron chi connectivity index (χ4n) is 1.48. The van der Waals surface area contributed by atoms with Crippen molar-refractivity contribution < 1.29 is 14.3 Å². The molecule has 20 heavy (non-hydrogen) atoms. The number of carbonyl (C=O) groups is 1. The van der Waals surface area contributed by atoms with Gasteiger partial charge in [0.15, 0.2) is 5.75 Å². The van der Waals surface area contributed by atoms with E-state index in [1.165, 1.54) is 24.3 Å². The van der Waals surface area contributed by atoms with Crippen molar-refractivity contribution in [2.75, 3.05) is 5.32 Å². The lowest BCUT2D eigenvalue weighted by Crippen LogP contribution is -2.12. The molecule has 2 rings (SSSR count). The van der Waals surface area contributed by atoms with Crippen molar-refractivity contribution >= 4 is 46.4 Å². The molecule has 0 aliphatic carbocycles. The van der Waals surface area contributed by atoms with Crippen LogP contribution in [0.25, 0.3) is 0 Å². The van der Waals surface area contributed by atoms with E-state index in [4.69, 9.17) is 34.8 Å². The molecule has 2 aromatic rings. The quantitative estimate of drug-likeness (QED) is 0.779. The van der Waals surface area contributed by atoms with Gasteiger partial charge in [0, 0.05) is 11.3 Å². The fourth-order valence-corrected chi connectivity index (χ4v) is 2.15. The predicted octanol–water partition coefficient (Wildman–Crippen LogP) is 4.74. The van der Waals surface area contributed by atoms with Gasteiger partial charge < -0.3 is 10.4 Å². The minimum atomic E-state index is -0.612. The van der Waals surface area contributed by atoms with Crippen LogP contribution in [-0.4, -0.2) is 11.0 Å². The molecule has 0 aliphatic rings. The van der Waals surface area contributed by atoms with Crippen LogP contribution in [0.4, 0.5) is 10.1 Å². The summed E-state index contributed by atoms with van der Waals surface area (Å²) in [5.74, 6) is -1.39. The number of hydrogen-bond donors (Lipinski definition) is 2. The lowest BCUT2D eigenvalue weighted by atomic mass is 10.2. The summed E-state index contributed by atoms with van der Waals surface area (Å²) in [4.78, 5) is 11.9. The number of aromatic hydroxyl groups is 1. The smallest absolute Gasteiger partial charge is 0.255 e. The first kappa shape index (κ1) is 14.9. The minimum Gasteiger partial charge on any atom is -0.505 e. The summed E-state index contributed by atoms with van der Waals surface area (Å²) in [5.41, 5.74) is 0.472. The van der Waals surface area contributed by atoms with Crippen molar-refractivity contribution in [3.8, 4) is 5.75 Å². The number of phenols is 1. The van der Waals surface area contributed by atoms with Crippen LogP contribution in [0, 0.1) is 5.82 Å². The Morgan fingerprint density at radius 3 is 2.20 bits per heavy atom. The number of halogens is 4. The Bertz CT molecular complexity index is 668. The molecule has 104 valence electrons. The molecule has 2 aromatic carbocycles. The zero-order chi connectivity index (χ0) is 14.9. The molecule has 0 spiro atoms. The topological polar surface area (TPSA) is 49.3 Å². The average molecular weight is 335 g/mol. The second kappa shape index (κ2) is 5.87. The van der Waals surface area contributed by atoms with Crippen molar-refractivity contribution in [1.82, 2.24) is 0 Å². The molecular weight excluding hydrogens is 328 g/mol. The Labute approximate surface area is 128 Å². The maximum atomic E-state index is 13.0. The molecule has 0 saturated heterocycles. The first-order valence-electron chi connectivity index (χ1n) is 5.33. The van der Waals surface area contributed by atoms with Crippen LogP contribution >= 0.6 is 34.8 Å². The Morgan fingerprint density at radius 2 is 1.65 bits per heavy atom. The van der Waals surface area contributed by atoms with E-state index >= 15 is 0 Å². The van der Waals surface area contributed by atoms with Gasteiger partial charge in [-0.3, -0.25) is 4.79 Å².